The first-order chi connectivity index (χ1) is 9.09. The first-order valence-electron chi connectivity index (χ1n) is 7.00. The van der Waals surface area contributed by atoms with E-state index in [1.54, 1.807) is 8.61 Å². The maximum absolute atomic E-state index is 12.7. The van der Waals surface area contributed by atoms with Gasteiger partial charge < -0.3 is 4.74 Å². The summed E-state index contributed by atoms with van der Waals surface area (Å²) >= 11 is 5.84. The molecule has 0 aromatic heterocycles. The second-order valence-electron chi connectivity index (χ2n) is 5.25. The Morgan fingerprint density at radius 2 is 1.95 bits per heavy atom. The Hall–Kier alpha value is 0.120. The zero-order chi connectivity index (χ0) is 13.9. The van der Waals surface area contributed by atoms with Gasteiger partial charge in [0.05, 0.1) is 13.2 Å². The van der Waals surface area contributed by atoms with Crippen molar-refractivity contribution in [1.82, 2.24) is 8.61 Å². The summed E-state index contributed by atoms with van der Waals surface area (Å²) in [6.45, 7) is 4.65. The average molecular weight is 311 g/mol. The van der Waals surface area contributed by atoms with Crippen molar-refractivity contribution >= 4 is 21.8 Å². The molecular formula is C12H23ClN2O3S. The Bertz CT molecular complexity index is 382. The molecule has 0 saturated carbocycles. The van der Waals surface area contributed by atoms with Crippen LogP contribution in [0.2, 0.25) is 0 Å². The molecule has 0 N–H and O–H groups in total. The summed E-state index contributed by atoms with van der Waals surface area (Å²) in [6, 6.07) is -0.0236. The number of morpholine rings is 1. The SMILES string of the molecule is CCC1COCCN1S(=O)(=O)N1CCC(CCl)CC1. The molecule has 2 aliphatic heterocycles. The number of rotatable bonds is 4. The van der Waals surface area contributed by atoms with Gasteiger partial charge >= 0.3 is 0 Å². The highest BCUT2D eigenvalue weighted by Crippen LogP contribution is 2.24. The predicted octanol–water partition coefficient (Wildman–Crippen LogP) is 1.29. The Morgan fingerprint density at radius 1 is 1.26 bits per heavy atom. The lowest BCUT2D eigenvalue weighted by molar-refractivity contribution is 0.0279. The molecular weight excluding hydrogens is 288 g/mol. The third kappa shape index (κ3) is 3.42. The second kappa shape index (κ2) is 6.72. The molecule has 0 amide bonds. The van der Waals surface area contributed by atoms with Crippen molar-refractivity contribution in [1.29, 1.82) is 0 Å². The Kier molecular flexibility index (Phi) is 5.48. The topological polar surface area (TPSA) is 49.9 Å². The third-order valence-corrected chi connectivity index (χ3v) is 6.59. The van der Waals surface area contributed by atoms with Gasteiger partial charge in [0, 0.05) is 31.6 Å². The Balaban J connectivity index is 2.05. The largest absolute Gasteiger partial charge is 0.378 e. The zero-order valence-corrected chi connectivity index (χ0v) is 13.0. The molecule has 0 aromatic carbocycles. The fourth-order valence-corrected chi connectivity index (χ4v) is 4.88. The zero-order valence-electron chi connectivity index (χ0n) is 11.4. The van der Waals surface area contributed by atoms with Crippen molar-refractivity contribution in [3.8, 4) is 0 Å². The van der Waals surface area contributed by atoms with E-state index in [0.717, 1.165) is 19.3 Å². The van der Waals surface area contributed by atoms with Gasteiger partial charge in [-0.3, -0.25) is 0 Å². The van der Waals surface area contributed by atoms with E-state index in [1.165, 1.54) is 0 Å². The molecule has 0 radical (unpaired) electrons. The lowest BCUT2D eigenvalue weighted by atomic mass is 10.0. The lowest BCUT2D eigenvalue weighted by Crippen LogP contribution is -2.55. The van der Waals surface area contributed by atoms with E-state index in [1.807, 2.05) is 6.92 Å². The normalized spacial score (nSPS) is 28.6. The van der Waals surface area contributed by atoms with E-state index >= 15 is 0 Å². The molecule has 2 aliphatic rings. The molecule has 112 valence electrons. The van der Waals surface area contributed by atoms with Crippen LogP contribution in [-0.2, 0) is 14.9 Å². The number of alkyl halides is 1. The molecule has 2 heterocycles. The number of hydrogen-bond acceptors (Lipinski definition) is 3. The van der Waals surface area contributed by atoms with Crippen molar-refractivity contribution < 1.29 is 13.2 Å². The van der Waals surface area contributed by atoms with Gasteiger partial charge in [0.1, 0.15) is 0 Å². The molecule has 2 saturated heterocycles. The Labute approximate surface area is 121 Å². The molecule has 1 unspecified atom stereocenters. The summed E-state index contributed by atoms with van der Waals surface area (Å²) in [5, 5.41) is 0. The molecule has 7 heteroatoms. The van der Waals surface area contributed by atoms with Gasteiger partial charge in [-0.25, -0.2) is 0 Å². The van der Waals surface area contributed by atoms with Crippen LogP contribution < -0.4 is 0 Å². The van der Waals surface area contributed by atoms with Crippen LogP contribution in [0.15, 0.2) is 0 Å². The summed E-state index contributed by atoms with van der Waals surface area (Å²) in [5.41, 5.74) is 0. The highest BCUT2D eigenvalue weighted by molar-refractivity contribution is 7.86. The lowest BCUT2D eigenvalue weighted by Gasteiger charge is -2.39. The number of halogens is 1. The molecule has 19 heavy (non-hydrogen) atoms. The van der Waals surface area contributed by atoms with Crippen LogP contribution in [-0.4, -0.2) is 61.8 Å². The van der Waals surface area contributed by atoms with Crippen molar-refractivity contribution in [3.05, 3.63) is 0 Å². The van der Waals surface area contributed by atoms with Crippen LogP contribution in [0.4, 0.5) is 0 Å². The van der Waals surface area contributed by atoms with E-state index in [-0.39, 0.29) is 6.04 Å². The Morgan fingerprint density at radius 3 is 2.53 bits per heavy atom. The molecule has 0 aliphatic carbocycles. The summed E-state index contributed by atoms with van der Waals surface area (Å²) < 4.78 is 34.0. The van der Waals surface area contributed by atoms with Crippen LogP contribution in [0.1, 0.15) is 26.2 Å². The number of nitrogens with zero attached hydrogens (tertiary/aromatic N) is 2. The van der Waals surface area contributed by atoms with E-state index in [0.29, 0.717) is 44.6 Å². The van der Waals surface area contributed by atoms with Crippen molar-refractivity contribution in [3.63, 3.8) is 0 Å². The van der Waals surface area contributed by atoms with Crippen LogP contribution in [0.25, 0.3) is 0 Å². The standard InChI is InChI=1S/C12H23ClN2O3S/c1-2-12-10-18-8-7-15(12)19(16,17)14-5-3-11(9-13)4-6-14/h11-12H,2-10H2,1H3. The monoisotopic (exact) mass is 310 g/mol. The summed E-state index contributed by atoms with van der Waals surface area (Å²) in [4.78, 5) is 0. The van der Waals surface area contributed by atoms with Crippen molar-refractivity contribution in [2.75, 3.05) is 38.7 Å². The minimum absolute atomic E-state index is 0.0236. The third-order valence-electron chi connectivity index (χ3n) is 4.06. The highest BCUT2D eigenvalue weighted by atomic mass is 35.5. The number of piperidine rings is 1. The van der Waals surface area contributed by atoms with E-state index < -0.39 is 10.2 Å². The molecule has 2 rings (SSSR count). The molecule has 0 aromatic rings. The average Bonchev–Trinajstić information content (AvgIpc) is 2.47. The molecule has 0 spiro atoms. The van der Waals surface area contributed by atoms with Crippen LogP contribution in [0, 0.1) is 5.92 Å². The highest BCUT2D eigenvalue weighted by Gasteiger charge is 2.37. The quantitative estimate of drug-likeness (QED) is 0.735. The van der Waals surface area contributed by atoms with Gasteiger partial charge in [0.2, 0.25) is 0 Å². The van der Waals surface area contributed by atoms with Gasteiger partial charge in [-0.15, -0.1) is 11.6 Å². The summed E-state index contributed by atoms with van der Waals surface area (Å²) in [7, 11) is -3.33. The molecule has 2 fully saturated rings. The minimum atomic E-state index is -3.33. The molecule has 0 bridgehead atoms. The van der Waals surface area contributed by atoms with E-state index in [9.17, 15) is 8.42 Å². The van der Waals surface area contributed by atoms with Crippen LogP contribution in [0.5, 0.6) is 0 Å². The maximum Gasteiger partial charge on any atom is 0.282 e. The van der Waals surface area contributed by atoms with Crippen LogP contribution in [0.3, 0.4) is 0 Å². The second-order valence-corrected chi connectivity index (χ2v) is 7.44. The fourth-order valence-electron chi connectivity index (χ4n) is 2.71. The number of ether oxygens (including phenoxy) is 1. The van der Waals surface area contributed by atoms with Crippen molar-refractivity contribution in [2.24, 2.45) is 5.92 Å². The number of hydrogen-bond donors (Lipinski definition) is 0. The predicted molar refractivity (Wildman–Crippen MR) is 75.5 cm³/mol. The van der Waals surface area contributed by atoms with Gasteiger partial charge in [-0.1, -0.05) is 6.92 Å². The molecule has 5 nitrogen and oxygen atoms in total. The van der Waals surface area contributed by atoms with Gasteiger partial charge in [-0.2, -0.15) is 17.0 Å². The van der Waals surface area contributed by atoms with Gasteiger partial charge in [0.25, 0.3) is 10.2 Å². The molecule has 1 atom stereocenters. The van der Waals surface area contributed by atoms with E-state index in [2.05, 4.69) is 0 Å². The van der Waals surface area contributed by atoms with Crippen LogP contribution >= 0.6 is 11.6 Å². The summed E-state index contributed by atoms with van der Waals surface area (Å²) in [6.07, 6.45) is 2.52. The first kappa shape index (κ1) is 15.5. The van der Waals surface area contributed by atoms with Crippen molar-refractivity contribution in [2.45, 2.75) is 32.2 Å². The smallest absolute Gasteiger partial charge is 0.282 e. The fraction of sp³-hybridized carbons (Fsp3) is 1.00. The van der Waals surface area contributed by atoms with Gasteiger partial charge in [-0.05, 0) is 25.2 Å². The summed E-state index contributed by atoms with van der Waals surface area (Å²) in [5.74, 6) is 1.09. The van der Waals surface area contributed by atoms with E-state index in [4.69, 9.17) is 16.3 Å². The van der Waals surface area contributed by atoms with Gasteiger partial charge in [0.15, 0.2) is 0 Å². The maximum atomic E-state index is 12.7. The minimum Gasteiger partial charge on any atom is -0.378 e. The first-order valence-corrected chi connectivity index (χ1v) is 8.93.